The zero-order valence-corrected chi connectivity index (χ0v) is 8.72. The fourth-order valence-electron chi connectivity index (χ4n) is 0.563. The number of hydrogen-bond donors (Lipinski definition) is 2. The molecule has 0 saturated carbocycles. The molecule has 2 nitrogen and oxygen atoms in total. The minimum absolute atomic E-state index is 0. The van der Waals surface area contributed by atoms with Crippen molar-refractivity contribution in [1.82, 2.24) is 0 Å². The number of alkyl halides is 1. The molecule has 1 rings (SSSR count). The van der Waals surface area contributed by atoms with Gasteiger partial charge in [-0.15, -0.1) is 0 Å². The first-order chi connectivity index (χ1) is 3.83. The minimum atomic E-state index is 0. The fourth-order valence-corrected chi connectivity index (χ4v) is 1.94. The number of halogens is 2. The first kappa shape index (κ1) is 9.78. The summed E-state index contributed by atoms with van der Waals surface area (Å²) in [6.07, 6.45) is 0. The molecule has 0 aromatic rings. The van der Waals surface area contributed by atoms with Gasteiger partial charge in [-0.1, -0.05) is 15.9 Å². The molecule has 0 bridgehead atoms. The number of thioether (sulfide) groups is 1. The minimum Gasteiger partial charge on any atom is -1.00 e. The summed E-state index contributed by atoms with van der Waals surface area (Å²) in [6, 6.07) is 0. The van der Waals surface area contributed by atoms with Crippen LogP contribution >= 0.6 is 27.7 Å². The Morgan fingerprint density at radius 2 is 2.56 bits per heavy atom. The molecule has 0 amide bonds. The van der Waals surface area contributed by atoms with E-state index in [-0.39, 0.29) is 17.0 Å². The highest BCUT2D eigenvalue weighted by Gasteiger charge is 2.19. The Hall–Kier alpha value is 0.780. The summed E-state index contributed by atoms with van der Waals surface area (Å²) in [5.41, 5.74) is 5.45. The molecule has 1 heterocycles. The molecule has 1 aliphatic rings. The predicted octanol–water partition coefficient (Wildman–Crippen LogP) is -4.10. The lowest BCUT2D eigenvalue weighted by molar-refractivity contribution is -0.449. The molecule has 0 aromatic carbocycles. The number of amidine groups is 1. The van der Waals surface area contributed by atoms with E-state index in [2.05, 4.69) is 20.9 Å². The largest absolute Gasteiger partial charge is 1.00 e. The van der Waals surface area contributed by atoms with Crippen molar-refractivity contribution < 1.29 is 22.0 Å². The Labute approximate surface area is 77.6 Å². The van der Waals surface area contributed by atoms with Crippen molar-refractivity contribution in [2.24, 2.45) is 5.73 Å². The van der Waals surface area contributed by atoms with Gasteiger partial charge in [0.05, 0.1) is 11.8 Å². The first-order valence-electron chi connectivity index (χ1n) is 2.42. The average molecular weight is 276 g/mol. The number of hydrogen-bond acceptors (Lipinski definition) is 2. The molecule has 1 unspecified atom stereocenters. The van der Waals surface area contributed by atoms with Crippen molar-refractivity contribution in [3.63, 3.8) is 0 Å². The molecule has 54 valence electrons. The van der Waals surface area contributed by atoms with E-state index in [1.807, 2.05) is 0 Å². The van der Waals surface area contributed by atoms with Crippen LogP contribution in [0.3, 0.4) is 0 Å². The lowest BCUT2D eigenvalue weighted by Crippen LogP contribution is -3.00. The van der Waals surface area contributed by atoms with Gasteiger partial charge in [-0.3, -0.25) is 10.7 Å². The van der Waals surface area contributed by atoms with E-state index in [0.29, 0.717) is 5.25 Å². The van der Waals surface area contributed by atoms with Gasteiger partial charge < -0.3 is 17.0 Å². The summed E-state index contributed by atoms with van der Waals surface area (Å²) >= 11 is 5.08. The molecule has 0 aliphatic carbocycles. The fraction of sp³-hybridized carbons (Fsp3) is 0.750. The van der Waals surface area contributed by atoms with E-state index in [9.17, 15) is 0 Å². The zero-order valence-electron chi connectivity index (χ0n) is 4.73. The number of nitrogens with two attached hydrogens (primary N) is 1. The first-order valence-corrected chi connectivity index (χ1v) is 4.42. The van der Waals surface area contributed by atoms with Crippen molar-refractivity contribution in [2.75, 3.05) is 11.9 Å². The Bertz CT molecular complexity index is 117. The second kappa shape index (κ2) is 4.57. The molecular weight excluding hydrogens is 268 g/mol. The second-order valence-electron chi connectivity index (χ2n) is 1.64. The number of rotatable bonds is 1. The van der Waals surface area contributed by atoms with Crippen LogP contribution in [0.2, 0.25) is 0 Å². The molecule has 1 atom stereocenters. The van der Waals surface area contributed by atoms with Crippen molar-refractivity contribution in [3.8, 4) is 0 Å². The molecule has 0 aromatic heterocycles. The highest BCUT2D eigenvalue weighted by atomic mass is 79.9. The summed E-state index contributed by atoms with van der Waals surface area (Å²) in [6.45, 7) is 1.00. The van der Waals surface area contributed by atoms with Crippen molar-refractivity contribution in [3.05, 3.63) is 0 Å². The predicted molar refractivity (Wildman–Crippen MR) is 40.2 cm³/mol. The van der Waals surface area contributed by atoms with E-state index < -0.39 is 0 Å². The summed E-state index contributed by atoms with van der Waals surface area (Å²) in [5.74, 6) is 0. The van der Waals surface area contributed by atoms with Crippen LogP contribution in [0.4, 0.5) is 0 Å². The molecule has 0 spiro atoms. The smallest absolute Gasteiger partial charge is 0.302 e. The lowest BCUT2D eigenvalue weighted by Gasteiger charge is -1.94. The van der Waals surface area contributed by atoms with E-state index in [1.165, 1.54) is 0 Å². The number of nitrogens with one attached hydrogen (secondary N) is 1. The van der Waals surface area contributed by atoms with Gasteiger partial charge in [-0.25, -0.2) is 0 Å². The Kier molecular flexibility index (Phi) is 4.97. The normalized spacial score (nSPS) is 25.0. The maximum Gasteiger partial charge on any atom is 0.302 e. The molecule has 0 saturated heterocycles. The van der Waals surface area contributed by atoms with Crippen LogP contribution in [-0.2, 0) is 0 Å². The molecule has 0 radical (unpaired) electrons. The lowest BCUT2D eigenvalue weighted by atomic mass is 10.5. The molecule has 0 fully saturated rings. The second-order valence-corrected chi connectivity index (χ2v) is 3.63. The summed E-state index contributed by atoms with van der Waals surface area (Å²) in [7, 11) is 0. The van der Waals surface area contributed by atoms with Crippen molar-refractivity contribution >= 4 is 32.9 Å². The third-order valence-electron chi connectivity index (χ3n) is 0.970. The van der Waals surface area contributed by atoms with Crippen LogP contribution in [0.5, 0.6) is 0 Å². The molecule has 5 heteroatoms. The van der Waals surface area contributed by atoms with E-state index >= 15 is 0 Å². The SMILES string of the molecule is NC1=[NH+]CC(CBr)S1.[Br-]. The molecular formula is C4H8Br2N2S. The Morgan fingerprint density at radius 1 is 1.89 bits per heavy atom. The van der Waals surface area contributed by atoms with Crippen LogP contribution in [0.25, 0.3) is 0 Å². The van der Waals surface area contributed by atoms with E-state index in [1.54, 1.807) is 11.8 Å². The van der Waals surface area contributed by atoms with Gasteiger partial charge >= 0.3 is 5.17 Å². The quantitative estimate of drug-likeness (QED) is 0.478. The standard InChI is InChI=1S/C4H7BrN2S.BrH/c5-1-3-2-7-4(6)8-3;/h3H,1-2H2,(H2,6,7);1H. The molecule has 3 N–H and O–H groups in total. The van der Waals surface area contributed by atoms with E-state index in [0.717, 1.165) is 17.0 Å². The summed E-state index contributed by atoms with van der Waals surface area (Å²) in [4.78, 5) is 3.05. The van der Waals surface area contributed by atoms with Crippen molar-refractivity contribution in [1.29, 1.82) is 0 Å². The highest BCUT2D eigenvalue weighted by molar-refractivity contribution is 9.09. The van der Waals surface area contributed by atoms with Gasteiger partial charge in [-0.05, 0) is 11.8 Å². The van der Waals surface area contributed by atoms with Gasteiger partial charge in [0, 0.05) is 5.33 Å². The van der Waals surface area contributed by atoms with Crippen LogP contribution in [0, 0.1) is 0 Å². The average Bonchev–Trinajstić information content (AvgIpc) is 2.14. The van der Waals surface area contributed by atoms with Crippen LogP contribution in [0.15, 0.2) is 0 Å². The zero-order chi connectivity index (χ0) is 5.98. The monoisotopic (exact) mass is 274 g/mol. The van der Waals surface area contributed by atoms with E-state index in [4.69, 9.17) is 5.73 Å². The van der Waals surface area contributed by atoms with Gasteiger partial charge in [0.2, 0.25) is 0 Å². The maximum atomic E-state index is 5.45. The summed E-state index contributed by atoms with van der Waals surface area (Å²) in [5, 5.41) is 2.51. The van der Waals surface area contributed by atoms with Gasteiger partial charge in [0.25, 0.3) is 0 Å². The third kappa shape index (κ3) is 2.91. The van der Waals surface area contributed by atoms with Crippen LogP contribution in [-0.4, -0.2) is 22.3 Å². The Morgan fingerprint density at radius 3 is 2.78 bits per heavy atom. The molecule has 1 aliphatic heterocycles. The van der Waals surface area contributed by atoms with Gasteiger partial charge in [-0.2, -0.15) is 0 Å². The summed E-state index contributed by atoms with van der Waals surface area (Å²) < 4.78 is 0. The third-order valence-corrected chi connectivity index (χ3v) is 3.24. The molecule has 9 heavy (non-hydrogen) atoms. The maximum absolute atomic E-state index is 5.45. The Balaban J connectivity index is 0.000000640. The topological polar surface area (TPSA) is 40.0 Å². The van der Waals surface area contributed by atoms with Crippen LogP contribution in [0.1, 0.15) is 0 Å². The van der Waals surface area contributed by atoms with Gasteiger partial charge in [0.15, 0.2) is 0 Å². The van der Waals surface area contributed by atoms with Gasteiger partial charge in [0.1, 0.15) is 0 Å². The van der Waals surface area contributed by atoms with Crippen molar-refractivity contribution in [2.45, 2.75) is 5.25 Å². The highest BCUT2D eigenvalue weighted by Crippen LogP contribution is 2.11. The van der Waals surface area contributed by atoms with Crippen LogP contribution < -0.4 is 27.7 Å².